The monoisotopic (exact) mass is 282 g/mol. The lowest BCUT2D eigenvalue weighted by Crippen LogP contribution is -2.34. The zero-order valence-corrected chi connectivity index (χ0v) is 12.2. The van der Waals surface area contributed by atoms with Crippen LogP contribution in [0.25, 0.3) is 0 Å². The minimum Gasteiger partial charge on any atom is -0.497 e. The van der Waals surface area contributed by atoms with Crippen molar-refractivity contribution in [3.8, 4) is 11.5 Å². The van der Waals surface area contributed by atoms with Gasteiger partial charge in [0.1, 0.15) is 11.5 Å². The molecule has 0 saturated heterocycles. The highest BCUT2D eigenvalue weighted by molar-refractivity contribution is 5.78. The maximum atomic E-state index is 11.6. The van der Waals surface area contributed by atoms with Crippen LogP contribution in [0.4, 0.5) is 0 Å². The van der Waals surface area contributed by atoms with Gasteiger partial charge in [0.05, 0.1) is 27.4 Å². The van der Waals surface area contributed by atoms with Crippen LogP contribution in [0.5, 0.6) is 11.5 Å². The summed E-state index contributed by atoms with van der Waals surface area (Å²) in [5.41, 5.74) is 0.901. The molecule has 0 aliphatic rings. The maximum Gasteiger partial charge on any atom is 0.234 e. The van der Waals surface area contributed by atoms with Crippen LogP contribution in [-0.4, -0.2) is 46.9 Å². The first-order valence-corrected chi connectivity index (χ1v) is 6.38. The van der Waals surface area contributed by atoms with Crippen molar-refractivity contribution in [1.82, 2.24) is 10.6 Å². The summed E-state index contributed by atoms with van der Waals surface area (Å²) in [5.74, 6) is 1.34. The Labute approximate surface area is 119 Å². The Bertz CT molecular complexity index is 424. The van der Waals surface area contributed by atoms with Gasteiger partial charge < -0.3 is 24.8 Å². The molecule has 0 radical (unpaired) electrons. The van der Waals surface area contributed by atoms with E-state index in [1.807, 2.05) is 12.1 Å². The van der Waals surface area contributed by atoms with Gasteiger partial charge >= 0.3 is 0 Å². The summed E-state index contributed by atoms with van der Waals surface area (Å²) in [4.78, 5) is 11.6. The Morgan fingerprint density at radius 2 is 2.00 bits per heavy atom. The van der Waals surface area contributed by atoms with E-state index in [0.29, 0.717) is 25.4 Å². The molecule has 1 amide bonds. The van der Waals surface area contributed by atoms with E-state index in [-0.39, 0.29) is 12.5 Å². The Morgan fingerprint density at radius 3 is 2.65 bits per heavy atom. The van der Waals surface area contributed by atoms with E-state index in [0.717, 1.165) is 11.3 Å². The molecule has 0 saturated carbocycles. The molecular weight excluding hydrogens is 260 g/mol. The number of hydrogen-bond donors (Lipinski definition) is 2. The van der Waals surface area contributed by atoms with Gasteiger partial charge in [0.2, 0.25) is 5.91 Å². The third-order valence-electron chi connectivity index (χ3n) is 2.74. The molecule has 0 fully saturated rings. The van der Waals surface area contributed by atoms with Gasteiger partial charge in [0.15, 0.2) is 0 Å². The highest BCUT2D eigenvalue weighted by atomic mass is 16.5. The Kier molecular flexibility index (Phi) is 7.46. The average Bonchev–Trinajstić information content (AvgIpc) is 2.49. The second kappa shape index (κ2) is 9.17. The molecule has 112 valence electrons. The van der Waals surface area contributed by atoms with Gasteiger partial charge in [-0.1, -0.05) is 0 Å². The first-order chi connectivity index (χ1) is 9.71. The number of ether oxygens (including phenoxy) is 3. The molecule has 20 heavy (non-hydrogen) atoms. The van der Waals surface area contributed by atoms with E-state index < -0.39 is 0 Å². The number of hydrogen-bond acceptors (Lipinski definition) is 5. The van der Waals surface area contributed by atoms with Crippen molar-refractivity contribution >= 4 is 5.91 Å². The van der Waals surface area contributed by atoms with Gasteiger partial charge in [-0.2, -0.15) is 0 Å². The van der Waals surface area contributed by atoms with Crippen molar-refractivity contribution in [2.24, 2.45) is 0 Å². The minimum absolute atomic E-state index is 0.0704. The normalized spacial score (nSPS) is 10.2. The molecule has 0 aliphatic carbocycles. The second-order valence-electron chi connectivity index (χ2n) is 4.12. The first-order valence-electron chi connectivity index (χ1n) is 6.38. The lowest BCUT2D eigenvalue weighted by molar-refractivity contribution is -0.120. The van der Waals surface area contributed by atoms with Crippen LogP contribution in [0.1, 0.15) is 5.56 Å². The summed E-state index contributed by atoms with van der Waals surface area (Å²) in [6, 6.07) is 5.50. The summed E-state index contributed by atoms with van der Waals surface area (Å²) in [6.45, 7) is 1.91. The second-order valence-corrected chi connectivity index (χ2v) is 4.12. The van der Waals surface area contributed by atoms with Crippen LogP contribution in [0, 0.1) is 0 Å². The highest BCUT2D eigenvalue weighted by Crippen LogP contribution is 2.24. The summed E-state index contributed by atoms with van der Waals surface area (Å²) >= 11 is 0. The summed E-state index contributed by atoms with van der Waals surface area (Å²) in [6.07, 6.45) is 0. The van der Waals surface area contributed by atoms with E-state index in [1.165, 1.54) is 0 Å². The Balaban J connectivity index is 2.42. The SMILES string of the molecule is COCCNCC(=O)NCc1ccc(OC)cc1OC. The van der Waals surface area contributed by atoms with Crippen LogP contribution < -0.4 is 20.1 Å². The van der Waals surface area contributed by atoms with Gasteiger partial charge in [-0.05, 0) is 12.1 Å². The molecule has 2 N–H and O–H groups in total. The number of nitrogens with one attached hydrogen (secondary N) is 2. The highest BCUT2D eigenvalue weighted by Gasteiger charge is 2.06. The molecule has 0 aliphatic heterocycles. The van der Waals surface area contributed by atoms with Gasteiger partial charge in [0, 0.05) is 31.8 Å². The van der Waals surface area contributed by atoms with E-state index in [9.17, 15) is 4.79 Å². The molecule has 0 bridgehead atoms. The summed E-state index contributed by atoms with van der Waals surface area (Å²) in [5, 5.41) is 5.81. The molecule has 0 unspecified atom stereocenters. The van der Waals surface area contributed by atoms with Crippen molar-refractivity contribution in [2.75, 3.05) is 41.0 Å². The molecule has 0 heterocycles. The summed E-state index contributed by atoms with van der Waals surface area (Å²) < 4.78 is 15.3. The van der Waals surface area contributed by atoms with Crippen molar-refractivity contribution in [1.29, 1.82) is 0 Å². The average molecular weight is 282 g/mol. The number of methoxy groups -OCH3 is 3. The maximum absolute atomic E-state index is 11.6. The fourth-order valence-corrected chi connectivity index (χ4v) is 1.63. The van der Waals surface area contributed by atoms with Gasteiger partial charge in [-0.3, -0.25) is 4.79 Å². The largest absolute Gasteiger partial charge is 0.497 e. The minimum atomic E-state index is -0.0704. The van der Waals surface area contributed by atoms with Gasteiger partial charge in [0.25, 0.3) is 0 Å². The smallest absolute Gasteiger partial charge is 0.234 e. The zero-order chi connectivity index (χ0) is 14.8. The fourth-order valence-electron chi connectivity index (χ4n) is 1.63. The molecule has 6 heteroatoms. The Morgan fingerprint density at radius 1 is 1.20 bits per heavy atom. The zero-order valence-electron chi connectivity index (χ0n) is 12.2. The number of benzene rings is 1. The Hall–Kier alpha value is -1.79. The number of carbonyl (C=O) groups excluding carboxylic acids is 1. The third-order valence-corrected chi connectivity index (χ3v) is 2.74. The lowest BCUT2D eigenvalue weighted by atomic mass is 10.2. The fraction of sp³-hybridized carbons (Fsp3) is 0.500. The molecule has 1 aromatic carbocycles. The predicted molar refractivity (Wildman–Crippen MR) is 76.1 cm³/mol. The third kappa shape index (κ3) is 5.46. The molecule has 6 nitrogen and oxygen atoms in total. The quantitative estimate of drug-likeness (QED) is 0.648. The standard InChI is InChI=1S/C14H22N2O4/c1-18-7-6-15-10-14(17)16-9-11-4-5-12(19-2)8-13(11)20-3/h4-5,8,15H,6-7,9-10H2,1-3H3,(H,16,17). The number of carbonyl (C=O) groups is 1. The van der Waals surface area contributed by atoms with E-state index in [4.69, 9.17) is 14.2 Å². The number of rotatable bonds is 9. The van der Waals surface area contributed by atoms with Crippen LogP contribution in [-0.2, 0) is 16.1 Å². The van der Waals surface area contributed by atoms with Crippen molar-refractivity contribution < 1.29 is 19.0 Å². The topological polar surface area (TPSA) is 68.8 Å². The van der Waals surface area contributed by atoms with Gasteiger partial charge in [-0.15, -0.1) is 0 Å². The van der Waals surface area contributed by atoms with Gasteiger partial charge in [-0.25, -0.2) is 0 Å². The van der Waals surface area contributed by atoms with Crippen LogP contribution in [0.15, 0.2) is 18.2 Å². The lowest BCUT2D eigenvalue weighted by Gasteiger charge is -2.11. The van der Waals surface area contributed by atoms with Crippen LogP contribution in [0.2, 0.25) is 0 Å². The molecule has 1 aromatic rings. The van der Waals surface area contributed by atoms with E-state index >= 15 is 0 Å². The molecular formula is C14H22N2O4. The van der Waals surface area contributed by atoms with E-state index in [2.05, 4.69) is 10.6 Å². The van der Waals surface area contributed by atoms with E-state index in [1.54, 1.807) is 27.4 Å². The predicted octanol–water partition coefficient (Wildman–Crippen LogP) is 0.556. The molecule has 0 spiro atoms. The van der Waals surface area contributed by atoms with Crippen molar-refractivity contribution in [2.45, 2.75) is 6.54 Å². The number of amides is 1. The van der Waals surface area contributed by atoms with Crippen molar-refractivity contribution in [3.63, 3.8) is 0 Å². The first kappa shape index (κ1) is 16.3. The molecule has 0 atom stereocenters. The van der Waals surface area contributed by atoms with Crippen LogP contribution in [0.3, 0.4) is 0 Å². The summed E-state index contributed by atoms with van der Waals surface area (Å²) in [7, 11) is 4.81. The molecule has 0 aromatic heterocycles. The van der Waals surface area contributed by atoms with Crippen molar-refractivity contribution in [3.05, 3.63) is 23.8 Å². The molecule has 1 rings (SSSR count). The van der Waals surface area contributed by atoms with Crippen LogP contribution >= 0.6 is 0 Å².